The van der Waals surface area contributed by atoms with E-state index in [1.165, 1.54) is 20.0 Å². The maximum Gasteiger partial charge on any atom is 0.320 e. The Hall–Kier alpha value is -0.943. The molecule has 0 spiro atoms. The van der Waals surface area contributed by atoms with Crippen LogP contribution in [0.15, 0.2) is 12.2 Å². The molecule has 148 valence electrons. The largest absolute Gasteiger partial charge is 0.468 e. The van der Waals surface area contributed by atoms with Crippen LogP contribution in [0.5, 0.6) is 0 Å². The first-order valence-electron chi connectivity index (χ1n) is 10.00. The Labute approximate surface area is 159 Å². The lowest BCUT2D eigenvalue weighted by molar-refractivity contribution is -0.151. The molecule has 0 bridgehead atoms. The first kappa shape index (κ1) is 21.4. The average molecular weight is 381 g/mol. The highest BCUT2D eigenvalue weighted by Gasteiger charge is 2.80. The molecule has 4 nitrogen and oxygen atoms in total. The quantitative estimate of drug-likeness (QED) is 0.198. The van der Waals surface area contributed by atoms with Gasteiger partial charge in [-0.2, -0.15) is 0 Å². The number of methoxy groups -OCH3 is 1. The van der Waals surface area contributed by atoms with Gasteiger partial charge in [0, 0.05) is 18.3 Å². The average Bonchev–Trinajstić information content (AvgIpc) is 3.12. The van der Waals surface area contributed by atoms with E-state index in [1.54, 1.807) is 0 Å². The molecule has 2 saturated carbocycles. The van der Waals surface area contributed by atoms with Gasteiger partial charge in [0.2, 0.25) is 0 Å². The van der Waals surface area contributed by atoms with Gasteiger partial charge in [0.05, 0.1) is 13.2 Å². The predicted molar refractivity (Wildman–Crippen MR) is 106 cm³/mol. The third-order valence-corrected chi connectivity index (χ3v) is 11.2. The zero-order valence-corrected chi connectivity index (χ0v) is 18.6. The molecule has 0 aliphatic heterocycles. The first-order valence-corrected chi connectivity index (χ1v) is 12.9. The van der Waals surface area contributed by atoms with Crippen LogP contribution in [0.1, 0.15) is 59.8 Å². The summed E-state index contributed by atoms with van der Waals surface area (Å²) < 4.78 is 11.6. The molecule has 0 saturated heterocycles. The van der Waals surface area contributed by atoms with E-state index in [0.717, 1.165) is 12.8 Å². The molecule has 2 aliphatic carbocycles. The van der Waals surface area contributed by atoms with Gasteiger partial charge < -0.3 is 9.16 Å². The van der Waals surface area contributed by atoms with Crippen molar-refractivity contribution in [3.63, 3.8) is 0 Å². The van der Waals surface area contributed by atoms with Crippen LogP contribution in [0.3, 0.4) is 0 Å². The Morgan fingerprint density at radius 2 is 1.96 bits per heavy atom. The predicted octanol–water partition coefficient (Wildman–Crippen LogP) is 4.89. The molecule has 2 aliphatic rings. The van der Waals surface area contributed by atoms with E-state index in [-0.39, 0.29) is 34.7 Å². The van der Waals surface area contributed by atoms with Crippen LogP contribution in [-0.4, -0.2) is 33.3 Å². The fourth-order valence-electron chi connectivity index (χ4n) is 4.07. The van der Waals surface area contributed by atoms with E-state index in [1.807, 2.05) is 0 Å². The summed E-state index contributed by atoms with van der Waals surface area (Å²) in [5.74, 6) is -0.495. The van der Waals surface area contributed by atoms with Gasteiger partial charge in [-0.05, 0) is 31.0 Å². The van der Waals surface area contributed by atoms with Gasteiger partial charge in [-0.1, -0.05) is 52.7 Å². The van der Waals surface area contributed by atoms with Crippen LogP contribution < -0.4 is 0 Å². The van der Waals surface area contributed by atoms with Gasteiger partial charge >= 0.3 is 5.97 Å². The number of ether oxygens (including phenoxy) is 1. The van der Waals surface area contributed by atoms with Gasteiger partial charge in [0.15, 0.2) is 14.1 Å². The monoisotopic (exact) mass is 380 g/mol. The smallest absolute Gasteiger partial charge is 0.320 e. The molecule has 26 heavy (non-hydrogen) atoms. The van der Waals surface area contributed by atoms with Crippen molar-refractivity contribution < 1.29 is 18.8 Å². The minimum absolute atomic E-state index is 0.00117. The lowest BCUT2D eigenvalue weighted by Gasteiger charge is -2.38. The molecule has 5 heteroatoms. The van der Waals surface area contributed by atoms with Gasteiger partial charge in [0.25, 0.3) is 0 Å². The summed E-state index contributed by atoms with van der Waals surface area (Å²) in [7, 11) is -0.621. The lowest BCUT2D eigenvalue weighted by atomic mass is 9.97. The normalized spacial score (nSPS) is 31.3. The van der Waals surface area contributed by atoms with Crippen molar-refractivity contribution in [3.8, 4) is 0 Å². The van der Waals surface area contributed by atoms with Gasteiger partial charge in [0.1, 0.15) is 5.41 Å². The summed E-state index contributed by atoms with van der Waals surface area (Å²) in [5.41, 5.74) is -0.983. The molecular formula is C21H36O4Si. The second kappa shape index (κ2) is 7.59. The van der Waals surface area contributed by atoms with Crippen LogP contribution in [0.2, 0.25) is 18.1 Å². The number of esters is 1. The summed E-state index contributed by atoms with van der Waals surface area (Å²) in [6.45, 7) is 13.2. The van der Waals surface area contributed by atoms with E-state index < -0.39 is 13.7 Å². The van der Waals surface area contributed by atoms with E-state index in [9.17, 15) is 9.59 Å². The Morgan fingerprint density at radius 3 is 2.50 bits per heavy atom. The minimum Gasteiger partial charge on any atom is -0.468 e. The fraction of sp³-hybridized carbons (Fsp3) is 0.810. The molecule has 0 aromatic carbocycles. The molecule has 0 radical (unpaired) electrons. The molecule has 0 aromatic rings. The highest BCUT2D eigenvalue weighted by atomic mass is 28.4. The fourth-order valence-corrected chi connectivity index (χ4v) is 5.41. The summed E-state index contributed by atoms with van der Waals surface area (Å²) >= 11 is 0. The van der Waals surface area contributed by atoms with Gasteiger partial charge in [-0.15, -0.1) is 0 Å². The van der Waals surface area contributed by atoms with Crippen molar-refractivity contribution in [1.82, 2.24) is 0 Å². The van der Waals surface area contributed by atoms with Crippen LogP contribution in [-0.2, 0) is 18.8 Å². The van der Waals surface area contributed by atoms with Crippen molar-refractivity contribution in [2.75, 3.05) is 7.11 Å². The van der Waals surface area contributed by atoms with E-state index in [0.29, 0.717) is 6.42 Å². The number of ketones is 1. The van der Waals surface area contributed by atoms with Gasteiger partial charge in [-0.3, -0.25) is 9.59 Å². The Kier molecular flexibility index (Phi) is 6.23. The summed E-state index contributed by atoms with van der Waals surface area (Å²) in [4.78, 5) is 25.4. The van der Waals surface area contributed by atoms with E-state index >= 15 is 0 Å². The second-order valence-electron chi connectivity index (χ2n) is 9.38. The zero-order valence-electron chi connectivity index (χ0n) is 17.6. The SMILES string of the molecule is CCCCC/C=C/[C@@H]1[C@H]2[C@@H](O[Si](C)(C)C(C)(C)C)CC(=O)[C@]21C(=O)OC. The van der Waals surface area contributed by atoms with Crippen LogP contribution in [0.4, 0.5) is 0 Å². The Balaban J connectivity index is 2.18. The Morgan fingerprint density at radius 1 is 1.31 bits per heavy atom. The molecule has 2 fully saturated rings. The highest BCUT2D eigenvalue weighted by Crippen LogP contribution is 2.68. The van der Waals surface area contributed by atoms with E-state index in [2.05, 4.69) is 52.9 Å². The standard InChI is InChI=1S/C21H36O4Si/c1-8-9-10-11-12-13-15-18-16(25-26(6,7)20(2,3)4)14-17(22)21(15,18)19(23)24-5/h12-13,15-16,18H,8-11,14H2,1-7H3/b13-12+/t15-,16+,18+,21+/m1/s1. The zero-order chi connectivity index (χ0) is 19.8. The number of hydrogen-bond acceptors (Lipinski definition) is 4. The van der Waals surface area contributed by atoms with Crippen LogP contribution in [0, 0.1) is 17.3 Å². The molecule has 2 rings (SSSR count). The van der Waals surface area contributed by atoms with Crippen molar-refractivity contribution >= 4 is 20.1 Å². The van der Waals surface area contributed by atoms with Crippen molar-refractivity contribution in [1.29, 1.82) is 0 Å². The first-order chi connectivity index (χ1) is 12.0. The number of hydrogen-bond donors (Lipinski definition) is 0. The number of allylic oxidation sites excluding steroid dienone is 2. The van der Waals surface area contributed by atoms with Crippen molar-refractivity contribution in [2.45, 2.75) is 84.0 Å². The molecule has 0 aromatic heterocycles. The minimum atomic E-state index is -2.00. The number of Topliss-reactive ketones (excluding diaryl/α,β-unsaturated/α-hetero) is 1. The number of unbranched alkanes of at least 4 members (excludes halogenated alkanes) is 3. The second-order valence-corrected chi connectivity index (χ2v) is 14.1. The molecular weight excluding hydrogens is 344 g/mol. The Bertz CT molecular complexity index is 575. The molecule has 0 N–H and O–H groups in total. The summed E-state index contributed by atoms with van der Waals surface area (Å²) in [6, 6.07) is 0. The summed E-state index contributed by atoms with van der Waals surface area (Å²) in [6.07, 6.45) is 8.93. The van der Waals surface area contributed by atoms with E-state index in [4.69, 9.17) is 9.16 Å². The maximum atomic E-state index is 12.8. The third kappa shape index (κ3) is 3.57. The lowest BCUT2D eigenvalue weighted by Crippen LogP contribution is -2.44. The molecule has 0 heterocycles. The van der Waals surface area contributed by atoms with Crippen LogP contribution >= 0.6 is 0 Å². The van der Waals surface area contributed by atoms with Crippen molar-refractivity contribution in [3.05, 3.63) is 12.2 Å². The maximum absolute atomic E-state index is 12.8. The van der Waals surface area contributed by atoms with Gasteiger partial charge in [-0.25, -0.2) is 0 Å². The molecule has 4 atom stereocenters. The third-order valence-electron chi connectivity index (χ3n) is 6.67. The highest BCUT2D eigenvalue weighted by molar-refractivity contribution is 6.74. The number of fused-ring (bicyclic) bond motifs is 1. The van der Waals surface area contributed by atoms with Crippen LogP contribution in [0.25, 0.3) is 0 Å². The molecule has 0 amide bonds. The topological polar surface area (TPSA) is 52.6 Å². The number of carbonyl (C=O) groups is 2. The summed E-state index contributed by atoms with van der Waals surface area (Å²) in [5, 5.41) is 0.0763. The molecule has 0 unspecified atom stereocenters. The number of rotatable bonds is 8. The van der Waals surface area contributed by atoms with Crippen molar-refractivity contribution in [2.24, 2.45) is 17.3 Å². The number of carbonyl (C=O) groups excluding carboxylic acids is 2.